The fourth-order valence-electron chi connectivity index (χ4n) is 2.43. The Hall–Kier alpha value is -2.80. The Labute approximate surface area is 142 Å². The summed E-state index contributed by atoms with van der Waals surface area (Å²) in [7, 11) is 0. The Balaban J connectivity index is 1.86. The molecule has 1 heterocycles. The van der Waals surface area contributed by atoms with Crippen LogP contribution in [0.5, 0.6) is 0 Å². The number of hydrogen-bond acceptors (Lipinski definition) is 6. The maximum Gasteiger partial charge on any atom is 0.295 e. The number of anilines is 2. The van der Waals surface area contributed by atoms with Crippen molar-refractivity contribution in [3.63, 3.8) is 0 Å². The number of carbonyl (C=O) groups is 3. The number of amides is 2. The minimum Gasteiger partial charge on any atom is -0.545 e. The fourth-order valence-corrected chi connectivity index (χ4v) is 3.32. The highest BCUT2D eigenvalue weighted by Gasteiger charge is 2.40. The van der Waals surface area contributed by atoms with Gasteiger partial charge >= 0.3 is 0 Å². The maximum atomic E-state index is 12.6. The number of carboxylic acid groups (broad SMARTS) is 1. The van der Waals surface area contributed by atoms with E-state index in [1.807, 2.05) is 13.0 Å². The van der Waals surface area contributed by atoms with Crippen LogP contribution in [-0.4, -0.2) is 22.5 Å². The monoisotopic (exact) mass is 341 g/mol. The van der Waals surface area contributed by atoms with E-state index >= 15 is 0 Å². The van der Waals surface area contributed by atoms with E-state index in [1.54, 1.807) is 30.3 Å². The van der Waals surface area contributed by atoms with Crippen molar-refractivity contribution in [3.8, 4) is 0 Å². The smallest absolute Gasteiger partial charge is 0.295 e. The molecule has 2 aromatic rings. The van der Waals surface area contributed by atoms with E-state index in [1.165, 1.54) is 12.1 Å². The van der Waals surface area contributed by atoms with Crippen LogP contribution in [-0.2, 0) is 4.79 Å². The van der Waals surface area contributed by atoms with Crippen LogP contribution < -0.4 is 15.3 Å². The largest absolute Gasteiger partial charge is 0.545 e. The van der Waals surface area contributed by atoms with Gasteiger partial charge < -0.3 is 15.2 Å². The van der Waals surface area contributed by atoms with Gasteiger partial charge in [-0.2, -0.15) is 0 Å². The minimum atomic E-state index is -1.35. The van der Waals surface area contributed by atoms with E-state index in [4.69, 9.17) is 0 Å². The van der Waals surface area contributed by atoms with Crippen LogP contribution in [0, 0.1) is 6.92 Å². The highest BCUT2D eigenvalue weighted by molar-refractivity contribution is 8.16. The highest BCUT2D eigenvalue weighted by atomic mass is 32.2. The topological polar surface area (TPSA) is 89.5 Å². The summed E-state index contributed by atoms with van der Waals surface area (Å²) in [6, 6.07) is 13.2. The molecule has 1 aliphatic heterocycles. The van der Waals surface area contributed by atoms with Gasteiger partial charge in [0.05, 0.1) is 11.7 Å². The number of carbonyl (C=O) groups excluding carboxylic acids is 3. The van der Waals surface area contributed by atoms with Gasteiger partial charge in [-0.15, -0.1) is 0 Å². The first-order chi connectivity index (χ1) is 11.5. The number of para-hydroxylation sites is 1. The molecule has 7 heteroatoms. The normalized spacial score (nSPS) is 17.2. The Morgan fingerprint density at radius 2 is 1.92 bits per heavy atom. The zero-order valence-electron chi connectivity index (χ0n) is 12.7. The molecular formula is C17H13N2O4S-. The van der Waals surface area contributed by atoms with Crippen LogP contribution in [0.15, 0.2) is 48.5 Å². The number of aromatic carboxylic acids is 1. The zero-order valence-corrected chi connectivity index (χ0v) is 13.5. The molecule has 1 N–H and O–H groups in total. The molecule has 0 spiro atoms. The molecular weight excluding hydrogens is 328 g/mol. The molecule has 122 valence electrons. The second kappa shape index (κ2) is 6.37. The van der Waals surface area contributed by atoms with Crippen LogP contribution in [0.3, 0.4) is 0 Å². The SMILES string of the molecule is Cc1cccc(N2C(=O)S[C@@H](Nc3ccccc3C(=O)[O-])C2=O)c1. The van der Waals surface area contributed by atoms with E-state index in [0.29, 0.717) is 5.69 Å². The minimum absolute atomic E-state index is 0.0626. The third-order valence-electron chi connectivity index (χ3n) is 3.54. The number of nitrogens with zero attached hydrogens (tertiary/aromatic N) is 1. The van der Waals surface area contributed by atoms with Crippen LogP contribution in [0.2, 0.25) is 0 Å². The molecule has 1 aliphatic rings. The van der Waals surface area contributed by atoms with Crippen molar-refractivity contribution in [1.29, 1.82) is 0 Å². The predicted octanol–water partition coefficient (Wildman–Crippen LogP) is 2.00. The van der Waals surface area contributed by atoms with E-state index in [-0.39, 0.29) is 11.3 Å². The van der Waals surface area contributed by atoms with Crippen LogP contribution in [0.1, 0.15) is 15.9 Å². The summed E-state index contributed by atoms with van der Waals surface area (Å²) in [4.78, 5) is 37.0. The number of rotatable bonds is 4. The van der Waals surface area contributed by atoms with Crippen molar-refractivity contribution < 1.29 is 19.5 Å². The third-order valence-corrected chi connectivity index (χ3v) is 4.48. The summed E-state index contributed by atoms with van der Waals surface area (Å²) < 4.78 is 0. The predicted molar refractivity (Wildman–Crippen MR) is 89.8 cm³/mol. The zero-order chi connectivity index (χ0) is 17.3. The molecule has 0 radical (unpaired) electrons. The van der Waals surface area contributed by atoms with E-state index in [2.05, 4.69) is 5.32 Å². The molecule has 24 heavy (non-hydrogen) atoms. The lowest BCUT2D eigenvalue weighted by Crippen LogP contribution is -2.35. The Kier molecular flexibility index (Phi) is 4.26. The second-order valence-corrected chi connectivity index (χ2v) is 6.31. The summed E-state index contributed by atoms with van der Waals surface area (Å²) in [5.74, 6) is -1.79. The first-order valence-corrected chi connectivity index (χ1v) is 8.03. The first kappa shape index (κ1) is 16.1. The molecule has 2 aromatic carbocycles. The van der Waals surface area contributed by atoms with Crippen LogP contribution in [0.4, 0.5) is 16.2 Å². The van der Waals surface area contributed by atoms with E-state index < -0.39 is 22.5 Å². The number of benzene rings is 2. The molecule has 0 bridgehead atoms. The van der Waals surface area contributed by atoms with Crippen molar-refractivity contribution in [2.45, 2.75) is 12.3 Å². The van der Waals surface area contributed by atoms with Gasteiger partial charge in [0, 0.05) is 11.3 Å². The van der Waals surface area contributed by atoms with Gasteiger partial charge in [0.1, 0.15) is 0 Å². The van der Waals surface area contributed by atoms with Gasteiger partial charge in [-0.25, -0.2) is 4.90 Å². The van der Waals surface area contributed by atoms with Crippen molar-refractivity contribution in [2.24, 2.45) is 0 Å². The van der Waals surface area contributed by atoms with Crippen molar-refractivity contribution in [1.82, 2.24) is 0 Å². The molecule has 2 amide bonds. The Morgan fingerprint density at radius 1 is 1.17 bits per heavy atom. The standard InChI is InChI=1S/C17H14N2O4S/c1-10-5-4-6-11(9-10)19-15(20)14(24-17(19)23)18-13-8-3-2-7-12(13)16(21)22/h2-9,14,18H,1H3,(H,21,22)/p-1/t14-/m1/s1. The second-order valence-electron chi connectivity index (χ2n) is 5.25. The van der Waals surface area contributed by atoms with Gasteiger partial charge in [0.25, 0.3) is 11.1 Å². The number of aryl methyl sites for hydroxylation is 1. The molecule has 1 fully saturated rings. The average molecular weight is 341 g/mol. The van der Waals surface area contributed by atoms with Crippen molar-refractivity contribution in [3.05, 3.63) is 59.7 Å². The summed E-state index contributed by atoms with van der Waals surface area (Å²) in [5.41, 5.74) is 1.60. The number of carboxylic acids is 1. The lowest BCUT2D eigenvalue weighted by Gasteiger charge is -2.17. The van der Waals surface area contributed by atoms with Crippen LogP contribution >= 0.6 is 11.8 Å². The third kappa shape index (κ3) is 2.98. The van der Waals surface area contributed by atoms with Gasteiger partial charge in [-0.3, -0.25) is 9.59 Å². The molecule has 0 saturated carbocycles. The lowest BCUT2D eigenvalue weighted by atomic mass is 10.2. The van der Waals surface area contributed by atoms with Gasteiger partial charge in [0.2, 0.25) is 0 Å². The molecule has 0 aromatic heterocycles. The van der Waals surface area contributed by atoms with Crippen molar-refractivity contribution in [2.75, 3.05) is 10.2 Å². The number of imide groups is 1. The summed E-state index contributed by atoms with van der Waals surface area (Å²) in [6.07, 6.45) is 0. The number of nitrogens with one attached hydrogen (secondary N) is 1. The Morgan fingerprint density at radius 3 is 2.62 bits per heavy atom. The molecule has 0 aliphatic carbocycles. The summed E-state index contributed by atoms with van der Waals surface area (Å²) in [5, 5.41) is 12.7. The Bertz CT molecular complexity index is 837. The average Bonchev–Trinajstić information content (AvgIpc) is 2.81. The summed E-state index contributed by atoms with van der Waals surface area (Å²) in [6.45, 7) is 1.87. The first-order valence-electron chi connectivity index (χ1n) is 7.15. The quantitative estimate of drug-likeness (QED) is 0.915. The number of hydrogen-bond donors (Lipinski definition) is 1. The van der Waals surface area contributed by atoms with Crippen molar-refractivity contribution >= 4 is 40.3 Å². The lowest BCUT2D eigenvalue weighted by molar-refractivity contribution is -0.254. The molecule has 0 unspecified atom stereocenters. The molecule has 6 nitrogen and oxygen atoms in total. The summed E-state index contributed by atoms with van der Waals surface area (Å²) >= 11 is 0.811. The number of thioether (sulfide) groups is 1. The maximum absolute atomic E-state index is 12.6. The molecule has 1 atom stereocenters. The van der Waals surface area contributed by atoms with Gasteiger partial charge in [-0.1, -0.05) is 30.3 Å². The highest BCUT2D eigenvalue weighted by Crippen LogP contribution is 2.33. The molecule has 1 saturated heterocycles. The van der Waals surface area contributed by atoms with Gasteiger partial charge in [-0.05, 0) is 42.4 Å². The van der Waals surface area contributed by atoms with E-state index in [0.717, 1.165) is 22.2 Å². The van der Waals surface area contributed by atoms with Gasteiger partial charge in [0.15, 0.2) is 5.37 Å². The fraction of sp³-hybridized carbons (Fsp3) is 0.118. The molecule has 3 rings (SSSR count). The van der Waals surface area contributed by atoms with Crippen LogP contribution in [0.25, 0.3) is 0 Å². The van der Waals surface area contributed by atoms with E-state index in [9.17, 15) is 19.5 Å².